The SMILES string of the molecule is COC(=O)[C@H](C)NC(=O)c1ccnc(Br)c1. The molecule has 0 saturated carbocycles. The normalized spacial score (nSPS) is 11.7. The quantitative estimate of drug-likeness (QED) is 0.668. The molecule has 1 rings (SSSR count). The Hall–Kier alpha value is -1.43. The lowest BCUT2D eigenvalue weighted by molar-refractivity contribution is -0.142. The molecule has 86 valence electrons. The lowest BCUT2D eigenvalue weighted by Crippen LogP contribution is -2.39. The van der Waals surface area contributed by atoms with Gasteiger partial charge < -0.3 is 10.1 Å². The van der Waals surface area contributed by atoms with Crippen LogP contribution in [0.15, 0.2) is 22.9 Å². The number of carbonyl (C=O) groups excluding carboxylic acids is 2. The van der Waals surface area contributed by atoms with Gasteiger partial charge in [0.2, 0.25) is 0 Å². The number of ether oxygens (including phenoxy) is 1. The average molecular weight is 287 g/mol. The summed E-state index contributed by atoms with van der Waals surface area (Å²) < 4.78 is 5.06. The van der Waals surface area contributed by atoms with E-state index < -0.39 is 12.0 Å². The van der Waals surface area contributed by atoms with E-state index in [1.807, 2.05) is 0 Å². The maximum absolute atomic E-state index is 11.7. The number of amides is 1. The molecule has 1 amide bonds. The third-order valence-electron chi connectivity index (χ3n) is 1.89. The van der Waals surface area contributed by atoms with Gasteiger partial charge in [-0.15, -0.1) is 0 Å². The predicted molar refractivity (Wildman–Crippen MR) is 60.9 cm³/mol. The summed E-state index contributed by atoms with van der Waals surface area (Å²) in [7, 11) is 1.27. The zero-order chi connectivity index (χ0) is 12.1. The second-order valence-electron chi connectivity index (χ2n) is 3.09. The molecular formula is C10H11BrN2O3. The minimum atomic E-state index is -0.676. The molecule has 0 spiro atoms. The Morgan fingerprint density at radius 3 is 2.81 bits per heavy atom. The standard InChI is InChI=1S/C10H11BrN2O3/c1-6(10(15)16-2)13-9(14)7-3-4-12-8(11)5-7/h3-6H,1-2H3,(H,13,14)/t6-/m0/s1. The molecule has 0 aliphatic heterocycles. The summed E-state index contributed by atoms with van der Waals surface area (Å²) >= 11 is 3.16. The van der Waals surface area contributed by atoms with Gasteiger partial charge in [-0.25, -0.2) is 9.78 Å². The topological polar surface area (TPSA) is 68.3 Å². The van der Waals surface area contributed by atoms with Gasteiger partial charge in [-0.05, 0) is 35.0 Å². The molecule has 1 aromatic heterocycles. The molecule has 1 atom stereocenters. The van der Waals surface area contributed by atoms with Gasteiger partial charge in [0.1, 0.15) is 10.6 Å². The number of nitrogens with one attached hydrogen (secondary N) is 1. The van der Waals surface area contributed by atoms with E-state index in [9.17, 15) is 9.59 Å². The zero-order valence-corrected chi connectivity index (χ0v) is 10.4. The highest BCUT2D eigenvalue weighted by Gasteiger charge is 2.16. The number of hydrogen-bond acceptors (Lipinski definition) is 4. The van der Waals surface area contributed by atoms with Crippen molar-refractivity contribution in [1.29, 1.82) is 0 Å². The third kappa shape index (κ3) is 3.30. The Morgan fingerprint density at radius 2 is 2.25 bits per heavy atom. The smallest absolute Gasteiger partial charge is 0.328 e. The van der Waals surface area contributed by atoms with Crippen LogP contribution in [0.3, 0.4) is 0 Å². The number of hydrogen-bond donors (Lipinski definition) is 1. The molecule has 1 heterocycles. The van der Waals surface area contributed by atoms with Crippen LogP contribution in [0.1, 0.15) is 17.3 Å². The number of pyridine rings is 1. The summed E-state index contributed by atoms with van der Waals surface area (Å²) in [6.45, 7) is 1.56. The van der Waals surface area contributed by atoms with E-state index in [1.54, 1.807) is 19.1 Å². The molecule has 0 radical (unpaired) electrons. The van der Waals surface area contributed by atoms with Crippen molar-refractivity contribution in [1.82, 2.24) is 10.3 Å². The van der Waals surface area contributed by atoms with Crippen LogP contribution < -0.4 is 5.32 Å². The fourth-order valence-corrected chi connectivity index (χ4v) is 1.42. The van der Waals surface area contributed by atoms with Crippen LogP contribution in [0.5, 0.6) is 0 Å². The third-order valence-corrected chi connectivity index (χ3v) is 2.32. The van der Waals surface area contributed by atoms with Crippen LogP contribution in [0, 0.1) is 0 Å². The molecule has 0 bridgehead atoms. The fraction of sp³-hybridized carbons (Fsp3) is 0.300. The summed E-state index contributed by atoms with van der Waals surface area (Å²) in [5.41, 5.74) is 0.428. The highest BCUT2D eigenvalue weighted by molar-refractivity contribution is 9.10. The molecular weight excluding hydrogens is 276 g/mol. The Labute approximate surface area is 101 Å². The van der Waals surface area contributed by atoms with E-state index in [2.05, 4.69) is 31.0 Å². The fourth-order valence-electron chi connectivity index (χ4n) is 1.06. The van der Waals surface area contributed by atoms with Gasteiger partial charge in [-0.1, -0.05) is 0 Å². The zero-order valence-electron chi connectivity index (χ0n) is 8.86. The molecule has 1 N–H and O–H groups in total. The minimum Gasteiger partial charge on any atom is -0.467 e. The summed E-state index contributed by atoms with van der Waals surface area (Å²) in [6.07, 6.45) is 1.50. The molecule has 0 aliphatic carbocycles. The van der Waals surface area contributed by atoms with Crippen molar-refractivity contribution in [2.45, 2.75) is 13.0 Å². The summed E-state index contributed by atoms with van der Waals surface area (Å²) in [5, 5.41) is 2.51. The van der Waals surface area contributed by atoms with Gasteiger partial charge >= 0.3 is 5.97 Å². The maximum atomic E-state index is 11.7. The van der Waals surface area contributed by atoms with E-state index in [4.69, 9.17) is 0 Å². The first-order valence-electron chi connectivity index (χ1n) is 4.55. The van der Waals surface area contributed by atoms with Gasteiger partial charge in [-0.3, -0.25) is 4.79 Å². The second kappa shape index (κ2) is 5.60. The van der Waals surface area contributed by atoms with Crippen LogP contribution in [0.2, 0.25) is 0 Å². The van der Waals surface area contributed by atoms with Crippen molar-refractivity contribution >= 4 is 27.8 Å². The molecule has 0 aliphatic rings. The monoisotopic (exact) mass is 286 g/mol. The van der Waals surface area contributed by atoms with Crippen molar-refractivity contribution in [2.24, 2.45) is 0 Å². The van der Waals surface area contributed by atoms with Gasteiger partial charge in [0.15, 0.2) is 0 Å². The van der Waals surface area contributed by atoms with Gasteiger partial charge in [0, 0.05) is 11.8 Å². The number of carbonyl (C=O) groups is 2. The summed E-state index contributed by atoms with van der Waals surface area (Å²) in [6, 6.07) is 2.45. The molecule has 0 saturated heterocycles. The van der Waals surface area contributed by atoms with E-state index in [-0.39, 0.29) is 5.91 Å². The minimum absolute atomic E-state index is 0.346. The molecule has 16 heavy (non-hydrogen) atoms. The van der Waals surface area contributed by atoms with E-state index >= 15 is 0 Å². The molecule has 0 aromatic carbocycles. The first-order chi connectivity index (χ1) is 7.54. The summed E-state index contributed by atoms with van der Waals surface area (Å²) in [4.78, 5) is 26.6. The van der Waals surface area contributed by atoms with Crippen LogP contribution in [0.4, 0.5) is 0 Å². The number of methoxy groups -OCH3 is 1. The van der Waals surface area contributed by atoms with E-state index in [1.165, 1.54) is 13.3 Å². The van der Waals surface area contributed by atoms with Gasteiger partial charge in [0.25, 0.3) is 5.91 Å². The number of esters is 1. The average Bonchev–Trinajstić information content (AvgIpc) is 2.27. The van der Waals surface area contributed by atoms with Crippen molar-refractivity contribution in [3.63, 3.8) is 0 Å². The number of aromatic nitrogens is 1. The Morgan fingerprint density at radius 1 is 1.56 bits per heavy atom. The lowest BCUT2D eigenvalue weighted by Gasteiger charge is -2.11. The van der Waals surface area contributed by atoms with Crippen molar-refractivity contribution in [2.75, 3.05) is 7.11 Å². The number of nitrogens with zero attached hydrogens (tertiary/aromatic N) is 1. The highest BCUT2D eigenvalue weighted by Crippen LogP contribution is 2.08. The first kappa shape index (κ1) is 12.6. The second-order valence-corrected chi connectivity index (χ2v) is 3.90. The Balaban J connectivity index is 2.69. The molecule has 0 unspecified atom stereocenters. The van der Waals surface area contributed by atoms with Crippen LogP contribution in [0.25, 0.3) is 0 Å². The molecule has 0 fully saturated rings. The number of rotatable bonds is 3. The lowest BCUT2D eigenvalue weighted by atomic mass is 10.2. The first-order valence-corrected chi connectivity index (χ1v) is 5.34. The molecule has 6 heteroatoms. The Kier molecular flexibility index (Phi) is 4.42. The van der Waals surface area contributed by atoms with E-state index in [0.717, 1.165) is 0 Å². The van der Waals surface area contributed by atoms with Crippen LogP contribution in [-0.4, -0.2) is 30.0 Å². The Bertz CT molecular complexity index is 409. The number of halogens is 1. The molecule has 1 aromatic rings. The van der Waals surface area contributed by atoms with Gasteiger partial charge in [-0.2, -0.15) is 0 Å². The van der Waals surface area contributed by atoms with Crippen LogP contribution >= 0.6 is 15.9 Å². The highest BCUT2D eigenvalue weighted by atomic mass is 79.9. The van der Waals surface area contributed by atoms with Crippen molar-refractivity contribution < 1.29 is 14.3 Å². The molecule has 5 nitrogen and oxygen atoms in total. The van der Waals surface area contributed by atoms with Crippen molar-refractivity contribution in [3.05, 3.63) is 28.5 Å². The van der Waals surface area contributed by atoms with E-state index in [0.29, 0.717) is 10.2 Å². The van der Waals surface area contributed by atoms with Gasteiger partial charge in [0.05, 0.1) is 7.11 Å². The largest absolute Gasteiger partial charge is 0.467 e. The summed E-state index contributed by atoms with van der Waals surface area (Å²) in [5.74, 6) is -0.831. The maximum Gasteiger partial charge on any atom is 0.328 e. The predicted octanol–water partition coefficient (Wildman–Crippen LogP) is 1.14. The van der Waals surface area contributed by atoms with Crippen molar-refractivity contribution in [3.8, 4) is 0 Å². The van der Waals surface area contributed by atoms with Crippen LogP contribution in [-0.2, 0) is 9.53 Å².